The zero-order chi connectivity index (χ0) is 20.3. The molecule has 3 heterocycles. The van der Waals surface area contributed by atoms with Gasteiger partial charge in [-0.1, -0.05) is 0 Å². The molecule has 0 aliphatic rings. The number of H-pyrrole nitrogens is 1. The van der Waals surface area contributed by atoms with Gasteiger partial charge in [-0.25, -0.2) is 15.0 Å². The fourth-order valence-electron chi connectivity index (χ4n) is 2.34. The zero-order valence-electron chi connectivity index (χ0n) is 15.2. The van der Waals surface area contributed by atoms with Crippen LogP contribution in [0.15, 0.2) is 30.7 Å². The van der Waals surface area contributed by atoms with Crippen molar-refractivity contribution in [1.82, 2.24) is 25.1 Å². The van der Waals surface area contributed by atoms with E-state index in [2.05, 4.69) is 35.8 Å². The summed E-state index contributed by atoms with van der Waals surface area (Å²) in [5.74, 6) is -3.49. The molecule has 0 saturated carbocycles. The van der Waals surface area contributed by atoms with Gasteiger partial charge in [0, 0.05) is 37.7 Å². The van der Waals surface area contributed by atoms with Crippen molar-refractivity contribution in [2.75, 3.05) is 17.7 Å². The number of alkyl halides is 2. The van der Waals surface area contributed by atoms with E-state index < -0.39 is 11.7 Å². The van der Waals surface area contributed by atoms with E-state index in [4.69, 9.17) is 4.74 Å². The topological polar surface area (TPSA) is 118 Å². The van der Waals surface area contributed by atoms with E-state index in [1.807, 2.05) is 0 Å². The third-order valence-electron chi connectivity index (χ3n) is 3.57. The minimum atomic E-state index is -3.25. The van der Waals surface area contributed by atoms with E-state index in [-0.39, 0.29) is 23.2 Å². The molecule has 0 radical (unpaired) electrons. The van der Waals surface area contributed by atoms with E-state index in [9.17, 15) is 13.6 Å². The number of methoxy groups -OCH3 is 1. The molecule has 11 heteroatoms. The minimum absolute atomic E-state index is 0.112. The number of amides is 1. The number of anilines is 3. The Morgan fingerprint density at radius 2 is 2.00 bits per heavy atom. The fraction of sp³-hybridized carbons (Fsp3) is 0.235. The van der Waals surface area contributed by atoms with Crippen LogP contribution in [-0.4, -0.2) is 38.2 Å². The number of nitrogens with one attached hydrogen (secondary N) is 3. The molecule has 0 saturated heterocycles. The van der Waals surface area contributed by atoms with E-state index in [0.29, 0.717) is 23.9 Å². The van der Waals surface area contributed by atoms with Crippen LogP contribution in [0.3, 0.4) is 0 Å². The molecule has 28 heavy (non-hydrogen) atoms. The van der Waals surface area contributed by atoms with Gasteiger partial charge < -0.3 is 15.4 Å². The monoisotopic (exact) mass is 389 g/mol. The summed E-state index contributed by atoms with van der Waals surface area (Å²) in [6.07, 6.45) is 4.39. The Kier molecular flexibility index (Phi) is 5.16. The van der Waals surface area contributed by atoms with E-state index in [1.165, 1.54) is 44.8 Å². The van der Waals surface area contributed by atoms with Crippen molar-refractivity contribution in [3.63, 3.8) is 0 Å². The highest BCUT2D eigenvalue weighted by atomic mass is 19.3. The summed E-state index contributed by atoms with van der Waals surface area (Å²) in [6, 6.07) is 3.00. The van der Waals surface area contributed by atoms with Gasteiger partial charge in [-0.2, -0.15) is 13.9 Å². The molecule has 0 aromatic carbocycles. The van der Waals surface area contributed by atoms with Crippen LogP contribution in [0.25, 0.3) is 11.3 Å². The lowest BCUT2D eigenvalue weighted by atomic mass is 10.2. The van der Waals surface area contributed by atoms with E-state index >= 15 is 0 Å². The van der Waals surface area contributed by atoms with Gasteiger partial charge in [0.15, 0.2) is 5.75 Å². The van der Waals surface area contributed by atoms with Gasteiger partial charge in [-0.3, -0.25) is 9.89 Å². The number of ether oxygens (including phenoxy) is 1. The molecule has 0 aliphatic heterocycles. The summed E-state index contributed by atoms with van der Waals surface area (Å²) in [4.78, 5) is 23.1. The van der Waals surface area contributed by atoms with Gasteiger partial charge in [-0.15, -0.1) is 0 Å². The number of carbonyl (C=O) groups excluding carboxylic acids is 1. The van der Waals surface area contributed by atoms with Crippen LogP contribution in [-0.2, 0) is 10.7 Å². The molecule has 3 aromatic heterocycles. The Hall–Kier alpha value is -3.63. The van der Waals surface area contributed by atoms with Gasteiger partial charge >= 0.3 is 5.92 Å². The third kappa shape index (κ3) is 4.37. The van der Waals surface area contributed by atoms with E-state index in [0.717, 1.165) is 0 Å². The third-order valence-corrected chi connectivity index (χ3v) is 3.57. The molecule has 3 aromatic rings. The lowest BCUT2D eigenvalue weighted by Gasteiger charge is -2.15. The largest absolute Gasteiger partial charge is 0.493 e. The second-order valence-corrected chi connectivity index (χ2v) is 5.91. The maximum absolute atomic E-state index is 13.9. The van der Waals surface area contributed by atoms with Gasteiger partial charge in [0.05, 0.1) is 30.9 Å². The summed E-state index contributed by atoms with van der Waals surface area (Å²) >= 11 is 0. The smallest absolute Gasteiger partial charge is 0.303 e. The molecule has 0 unspecified atom stereocenters. The first kappa shape index (κ1) is 19.1. The molecular formula is C17H17F2N7O2. The molecule has 9 nitrogen and oxygen atoms in total. The fourth-order valence-corrected chi connectivity index (χ4v) is 2.34. The second kappa shape index (κ2) is 7.55. The van der Waals surface area contributed by atoms with Crippen molar-refractivity contribution >= 4 is 23.2 Å². The summed E-state index contributed by atoms with van der Waals surface area (Å²) in [6.45, 7) is 2.06. The highest BCUT2D eigenvalue weighted by Gasteiger charge is 2.29. The minimum Gasteiger partial charge on any atom is -0.493 e. The normalized spacial score (nSPS) is 11.2. The maximum Gasteiger partial charge on any atom is 0.303 e. The van der Waals surface area contributed by atoms with Gasteiger partial charge in [-0.05, 0) is 0 Å². The lowest BCUT2D eigenvalue weighted by molar-refractivity contribution is -0.114. The van der Waals surface area contributed by atoms with Crippen LogP contribution in [0.2, 0.25) is 0 Å². The SMILES string of the molecule is COc1cnc(NC(C)=O)cc1Nc1cc(-c2cn[nH]c2)nc(C(C)(F)F)n1. The van der Waals surface area contributed by atoms with Crippen LogP contribution in [0.5, 0.6) is 5.75 Å². The van der Waals surface area contributed by atoms with Crippen molar-refractivity contribution in [3.05, 3.63) is 36.5 Å². The number of hydrogen-bond donors (Lipinski definition) is 3. The summed E-state index contributed by atoms with van der Waals surface area (Å²) in [5, 5.41) is 11.9. The average Bonchev–Trinajstić information content (AvgIpc) is 3.15. The Bertz CT molecular complexity index is 988. The van der Waals surface area contributed by atoms with E-state index in [1.54, 1.807) is 0 Å². The first-order valence-corrected chi connectivity index (χ1v) is 8.11. The van der Waals surface area contributed by atoms with Crippen molar-refractivity contribution in [3.8, 4) is 17.0 Å². The summed E-state index contributed by atoms with van der Waals surface area (Å²) in [5.41, 5.74) is 1.16. The van der Waals surface area contributed by atoms with Crippen LogP contribution in [0.1, 0.15) is 19.7 Å². The zero-order valence-corrected chi connectivity index (χ0v) is 15.2. The Balaban J connectivity index is 2.04. The standard InChI is InChI=1S/C17H17F2N7O2/c1-9(27)23-14-5-12(13(28-3)8-20-14)24-15-4-11(10-6-21-22-7-10)25-16(26-15)17(2,18)19/h4-8H,1-3H3,(H,21,22)(H2,20,23,24,25,26,27). The van der Waals surface area contributed by atoms with Crippen molar-refractivity contribution < 1.29 is 18.3 Å². The summed E-state index contributed by atoms with van der Waals surface area (Å²) < 4.78 is 33.0. The predicted molar refractivity (Wildman–Crippen MR) is 97.6 cm³/mol. The molecule has 0 aliphatic carbocycles. The summed E-state index contributed by atoms with van der Waals surface area (Å²) in [7, 11) is 1.43. The first-order valence-electron chi connectivity index (χ1n) is 8.11. The molecule has 1 amide bonds. The Labute approximate surface area is 158 Å². The number of aromatic amines is 1. The number of hydrogen-bond acceptors (Lipinski definition) is 7. The number of pyridine rings is 1. The van der Waals surface area contributed by atoms with Crippen molar-refractivity contribution in [1.29, 1.82) is 0 Å². The first-order chi connectivity index (χ1) is 13.3. The number of halogens is 2. The molecule has 146 valence electrons. The van der Waals surface area contributed by atoms with Crippen LogP contribution >= 0.6 is 0 Å². The Morgan fingerprint density at radius 3 is 2.61 bits per heavy atom. The maximum atomic E-state index is 13.9. The van der Waals surface area contributed by atoms with Crippen molar-refractivity contribution in [2.45, 2.75) is 19.8 Å². The molecule has 3 rings (SSSR count). The molecule has 0 spiro atoms. The lowest BCUT2D eigenvalue weighted by Crippen LogP contribution is -2.14. The second-order valence-electron chi connectivity index (χ2n) is 5.91. The molecule has 0 fully saturated rings. The van der Waals surface area contributed by atoms with Gasteiger partial charge in [0.25, 0.3) is 0 Å². The van der Waals surface area contributed by atoms with Crippen molar-refractivity contribution in [2.24, 2.45) is 0 Å². The number of carbonyl (C=O) groups is 1. The molecular weight excluding hydrogens is 372 g/mol. The number of rotatable bonds is 6. The highest BCUT2D eigenvalue weighted by molar-refractivity contribution is 5.88. The molecule has 0 bridgehead atoms. The number of aromatic nitrogens is 5. The molecule has 3 N–H and O–H groups in total. The van der Waals surface area contributed by atoms with Crippen LogP contribution in [0, 0.1) is 0 Å². The van der Waals surface area contributed by atoms with Crippen LogP contribution < -0.4 is 15.4 Å². The van der Waals surface area contributed by atoms with Gasteiger partial charge in [0.2, 0.25) is 11.7 Å². The highest BCUT2D eigenvalue weighted by Crippen LogP contribution is 2.32. The number of nitrogens with zero attached hydrogens (tertiary/aromatic N) is 4. The Morgan fingerprint density at radius 1 is 1.21 bits per heavy atom. The van der Waals surface area contributed by atoms with Crippen LogP contribution in [0.4, 0.5) is 26.1 Å². The molecule has 0 atom stereocenters. The predicted octanol–water partition coefficient (Wildman–Crippen LogP) is 3.08. The van der Waals surface area contributed by atoms with Gasteiger partial charge in [0.1, 0.15) is 11.6 Å². The quantitative estimate of drug-likeness (QED) is 0.593. The average molecular weight is 389 g/mol.